The molecule has 0 saturated carbocycles. The van der Waals surface area contributed by atoms with Gasteiger partial charge in [0.05, 0.1) is 6.04 Å². The highest BCUT2D eigenvalue weighted by Gasteiger charge is 2.24. The molecule has 0 spiro atoms. The molecule has 1 saturated heterocycles. The minimum Gasteiger partial charge on any atom is -0.356 e. The predicted molar refractivity (Wildman–Crippen MR) is 95.8 cm³/mol. The quantitative estimate of drug-likeness (QED) is 0.802. The van der Waals surface area contributed by atoms with Crippen molar-refractivity contribution in [2.24, 2.45) is 0 Å². The minimum absolute atomic E-state index is 0.0954. The Labute approximate surface area is 149 Å². The Bertz CT molecular complexity index is 682. The van der Waals surface area contributed by atoms with Crippen molar-refractivity contribution in [1.82, 2.24) is 15.2 Å². The second-order valence-electron chi connectivity index (χ2n) is 5.76. The van der Waals surface area contributed by atoms with Crippen molar-refractivity contribution >= 4 is 33.4 Å². The molecule has 1 amide bonds. The first kappa shape index (κ1) is 16.6. The Kier molecular flexibility index (Phi) is 5.41. The smallest absolute Gasteiger partial charge is 0.267 e. The Morgan fingerprint density at radius 3 is 2.78 bits per heavy atom. The number of nitrogens with zero attached hydrogens (tertiary/aromatic N) is 1. The van der Waals surface area contributed by atoms with Crippen LogP contribution in [0.5, 0.6) is 0 Å². The Balaban J connectivity index is 1.72. The zero-order chi connectivity index (χ0) is 16.2. The standard InChI is InChI=1S/C17H19BrClN3O/c18-13-9-15(20-10-13)17(23)21-11-16(22-6-1-2-7-22)12-4-3-5-14(19)8-12/h3-5,8-10,16,20H,1-2,6-7,11H2,(H,21,23). The molecular formula is C17H19BrClN3O. The van der Waals surface area contributed by atoms with Gasteiger partial charge in [-0.1, -0.05) is 23.7 Å². The van der Waals surface area contributed by atoms with Gasteiger partial charge >= 0.3 is 0 Å². The number of rotatable bonds is 5. The molecule has 122 valence electrons. The lowest BCUT2D eigenvalue weighted by Gasteiger charge is -2.28. The lowest BCUT2D eigenvalue weighted by Crippen LogP contribution is -2.36. The molecule has 1 aliphatic rings. The van der Waals surface area contributed by atoms with Gasteiger partial charge in [-0.15, -0.1) is 0 Å². The van der Waals surface area contributed by atoms with Crippen LogP contribution in [0.15, 0.2) is 41.0 Å². The number of hydrogen-bond acceptors (Lipinski definition) is 2. The topological polar surface area (TPSA) is 48.1 Å². The molecule has 1 atom stereocenters. The predicted octanol–water partition coefficient (Wildman–Crippen LogP) is 4.00. The lowest BCUT2D eigenvalue weighted by molar-refractivity contribution is 0.0933. The first-order chi connectivity index (χ1) is 11.1. The third-order valence-electron chi connectivity index (χ3n) is 4.16. The largest absolute Gasteiger partial charge is 0.356 e. The number of benzene rings is 1. The molecule has 1 fully saturated rings. The van der Waals surface area contributed by atoms with Crippen LogP contribution >= 0.6 is 27.5 Å². The molecule has 23 heavy (non-hydrogen) atoms. The summed E-state index contributed by atoms with van der Waals surface area (Å²) in [4.78, 5) is 17.6. The zero-order valence-corrected chi connectivity index (χ0v) is 15.0. The van der Waals surface area contributed by atoms with Gasteiger partial charge in [0.15, 0.2) is 0 Å². The van der Waals surface area contributed by atoms with E-state index in [0.29, 0.717) is 12.2 Å². The van der Waals surface area contributed by atoms with Crippen molar-refractivity contribution in [3.05, 3.63) is 57.3 Å². The summed E-state index contributed by atoms with van der Waals surface area (Å²) in [5.41, 5.74) is 1.70. The summed E-state index contributed by atoms with van der Waals surface area (Å²) in [6, 6.07) is 9.83. The highest BCUT2D eigenvalue weighted by Crippen LogP contribution is 2.26. The molecule has 0 radical (unpaired) electrons. The first-order valence-electron chi connectivity index (χ1n) is 7.75. The summed E-state index contributed by atoms with van der Waals surface area (Å²) in [6.07, 6.45) is 4.16. The van der Waals surface area contributed by atoms with Crippen molar-refractivity contribution in [3.8, 4) is 0 Å². The average Bonchev–Trinajstić information content (AvgIpc) is 3.19. The number of likely N-dealkylation sites (tertiary alicyclic amines) is 1. The van der Waals surface area contributed by atoms with Crippen LogP contribution in [0.4, 0.5) is 0 Å². The molecule has 0 aliphatic carbocycles. The second-order valence-corrected chi connectivity index (χ2v) is 7.11. The van der Waals surface area contributed by atoms with E-state index in [1.165, 1.54) is 12.8 Å². The van der Waals surface area contributed by atoms with Crippen molar-refractivity contribution in [3.63, 3.8) is 0 Å². The Morgan fingerprint density at radius 1 is 1.35 bits per heavy atom. The maximum atomic E-state index is 12.3. The SMILES string of the molecule is O=C(NCC(c1cccc(Cl)c1)N1CCCC1)c1cc(Br)c[nH]1. The fourth-order valence-electron chi connectivity index (χ4n) is 3.01. The second kappa shape index (κ2) is 7.51. The molecular weight excluding hydrogens is 378 g/mol. The van der Waals surface area contributed by atoms with Crippen molar-refractivity contribution in [2.75, 3.05) is 19.6 Å². The lowest BCUT2D eigenvalue weighted by atomic mass is 10.1. The number of nitrogens with one attached hydrogen (secondary N) is 2. The number of hydrogen-bond donors (Lipinski definition) is 2. The van der Waals surface area contributed by atoms with E-state index < -0.39 is 0 Å². The summed E-state index contributed by atoms with van der Waals surface area (Å²) in [5.74, 6) is -0.0954. The van der Waals surface area contributed by atoms with Crippen molar-refractivity contribution in [1.29, 1.82) is 0 Å². The average molecular weight is 397 g/mol. The number of aromatic amines is 1. The van der Waals surface area contributed by atoms with Gasteiger partial charge in [0.25, 0.3) is 5.91 Å². The Morgan fingerprint density at radius 2 is 2.13 bits per heavy atom. The molecule has 1 unspecified atom stereocenters. The third kappa shape index (κ3) is 4.16. The fourth-order valence-corrected chi connectivity index (χ4v) is 3.55. The van der Waals surface area contributed by atoms with E-state index >= 15 is 0 Å². The van der Waals surface area contributed by atoms with Gasteiger partial charge < -0.3 is 10.3 Å². The number of aromatic nitrogens is 1. The van der Waals surface area contributed by atoms with Crippen LogP contribution in [0.2, 0.25) is 5.02 Å². The maximum Gasteiger partial charge on any atom is 0.267 e. The van der Waals surface area contributed by atoms with Crippen LogP contribution in [-0.4, -0.2) is 35.4 Å². The number of H-pyrrole nitrogens is 1. The number of amides is 1. The molecule has 3 rings (SSSR count). The van der Waals surface area contributed by atoms with Crippen molar-refractivity contribution in [2.45, 2.75) is 18.9 Å². The molecule has 2 aromatic rings. The summed E-state index contributed by atoms with van der Waals surface area (Å²) in [7, 11) is 0. The van der Waals surface area contributed by atoms with Crippen LogP contribution in [0.25, 0.3) is 0 Å². The summed E-state index contributed by atoms with van der Waals surface area (Å²) >= 11 is 9.49. The van der Waals surface area contributed by atoms with Crippen LogP contribution in [0.1, 0.15) is 34.9 Å². The first-order valence-corrected chi connectivity index (χ1v) is 8.92. The minimum atomic E-state index is -0.0954. The Hall–Kier alpha value is -1.30. The molecule has 0 bridgehead atoms. The van der Waals surface area contributed by atoms with Gasteiger partial charge in [-0.2, -0.15) is 0 Å². The molecule has 4 nitrogen and oxygen atoms in total. The van der Waals surface area contributed by atoms with E-state index in [9.17, 15) is 4.79 Å². The molecule has 2 N–H and O–H groups in total. The highest BCUT2D eigenvalue weighted by atomic mass is 79.9. The molecule has 2 heterocycles. The zero-order valence-electron chi connectivity index (χ0n) is 12.7. The van der Waals surface area contributed by atoms with E-state index in [2.05, 4.69) is 37.2 Å². The van der Waals surface area contributed by atoms with Gasteiger partial charge in [0.2, 0.25) is 0 Å². The van der Waals surface area contributed by atoms with E-state index in [1.54, 1.807) is 12.3 Å². The molecule has 1 aromatic carbocycles. The molecule has 6 heteroatoms. The summed E-state index contributed by atoms with van der Waals surface area (Å²) in [5, 5.41) is 3.76. The maximum absolute atomic E-state index is 12.3. The third-order valence-corrected chi connectivity index (χ3v) is 4.86. The highest BCUT2D eigenvalue weighted by molar-refractivity contribution is 9.10. The molecule has 1 aromatic heterocycles. The van der Waals surface area contributed by atoms with Gasteiger partial charge in [0, 0.05) is 22.2 Å². The number of carbonyl (C=O) groups excluding carboxylic acids is 1. The van der Waals surface area contributed by atoms with E-state index in [-0.39, 0.29) is 11.9 Å². The van der Waals surface area contributed by atoms with E-state index in [0.717, 1.165) is 28.1 Å². The molecule has 1 aliphatic heterocycles. The summed E-state index contributed by atoms with van der Waals surface area (Å²) < 4.78 is 0.869. The monoisotopic (exact) mass is 395 g/mol. The van der Waals surface area contributed by atoms with Gasteiger partial charge in [-0.05, 0) is 65.6 Å². The van der Waals surface area contributed by atoms with Gasteiger partial charge in [-0.25, -0.2) is 0 Å². The van der Waals surface area contributed by atoms with Crippen LogP contribution in [0.3, 0.4) is 0 Å². The van der Waals surface area contributed by atoms with Crippen LogP contribution in [0, 0.1) is 0 Å². The summed E-state index contributed by atoms with van der Waals surface area (Å²) in [6.45, 7) is 2.68. The number of carbonyl (C=O) groups is 1. The fraction of sp³-hybridized carbons (Fsp3) is 0.353. The van der Waals surface area contributed by atoms with Crippen molar-refractivity contribution < 1.29 is 4.79 Å². The normalized spacial score (nSPS) is 16.4. The van der Waals surface area contributed by atoms with Crippen LogP contribution in [-0.2, 0) is 0 Å². The van der Waals surface area contributed by atoms with Crippen LogP contribution < -0.4 is 5.32 Å². The van der Waals surface area contributed by atoms with E-state index in [1.807, 2.05) is 18.2 Å². The van der Waals surface area contributed by atoms with Gasteiger partial charge in [0.1, 0.15) is 5.69 Å². The number of halogens is 2. The van der Waals surface area contributed by atoms with E-state index in [4.69, 9.17) is 11.6 Å². The van der Waals surface area contributed by atoms with Gasteiger partial charge in [-0.3, -0.25) is 9.69 Å².